The fraction of sp³-hybridized carbons (Fsp3) is 0.238. The van der Waals surface area contributed by atoms with E-state index in [4.69, 9.17) is 23.7 Å². The lowest BCUT2D eigenvalue weighted by Gasteiger charge is -2.46. The second kappa shape index (κ2) is 22.0. The van der Waals surface area contributed by atoms with Crippen LogP contribution in [0.3, 0.4) is 0 Å². The maximum absolute atomic E-state index is 17.1. The molecule has 1 aromatic heterocycles. The van der Waals surface area contributed by atoms with E-state index in [0.717, 1.165) is 21.5 Å². The highest BCUT2D eigenvalue weighted by Gasteiger charge is 2.76. The number of non-ortho nitro benzene ring substituents is 1. The van der Waals surface area contributed by atoms with Crippen LogP contribution in [0, 0.1) is 27.9 Å². The van der Waals surface area contributed by atoms with E-state index >= 15 is 19.2 Å². The van der Waals surface area contributed by atoms with E-state index in [1.165, 1.54) is 31.4 Å². The highest BCUT2D eigenvalue weighted by molar-refractivity contribution is 6.23. The Balaban J connectivity index is 1.10. The number of hydrogen-bond donors (Lipinski definition) is 1. The van der Waals surface area contributed by atoms with Gasteiger partial charge in [0.2, 0.25) is 11.8 Å². The number of aliphatic hydroxyl groups excluding tert-OH is 1. The highest BCUT2D eigenvalue weighted by atomic mass is 16.6. The first kappa shape index (κ1) is 52.8. The number of nitro groups is 1. The van der Waals surface area contributed by atoms with Crippen LogP contribution in [0.2, 0.25) is 0 Å². The first-order chi connectivity index (χ1) is 40.0. The molecule has 19 heteroatoms. The molecule has 3 amide bonds. The number of aromatic nitrogens is 3. The molecule has 0 radical (unpaired) electrons. The summed E-state index contributed by atoms with van der Waals surface area (Å²) in [5.74, 6) is 3.94. The van der Waals surface area contributed by atoms with Crippen LogP contribution in [0.5, 0.6) is 17.2 Å². The Morgan fingerprint density at radius 2 is 1.51 bits per heavy atom. The number of carbonyl (C=O) groups excluding carboxylic acids is 4. The first-order valence-corrected chi connectivity index (χ1v) is 26.6. The zero-order valence-electron chi connectivity index (χ0n) is 44.5. The molecule has 2 saturated heterocycles. The van der Waals surface area contributed by atoms with Crippen molar-refractivity contribution in [2.45, 2.75) is 55.8 Å². The maximum atomic E-state index is 17.1. The van der Waals surface area contributed by atoms with Crippen LogP contribution < -0.4 is 19.1 Å². The molecule has 82 heavy (non-hydrogen) atoms. The standard InChI is InChI=1S/C63H53N7O12/c1-78-52-35-43-28-30-66(37-45(43)36-53(52)79-2)59(72)54-56-60(73)82-57(42-16-7-4-8-17-42)55(41-14-5-3-6-15-41)69(56)58(44-18-11-19-47(34-44)80-32-31-71)63(54)48-33-39(13-12-29-67-51-21-10-9-20-49(51)64-65-67)24-27-50(48)68(61(63)74)62(75)81-38-40-22-25-46(26-23-40)70(76)77/h3-11,14-27,33-36,54-58,71H,28-32,37-38H2,1-2H3/t54-,55-,56-,57+,58+,63-/m0/s1. The van der Waals surface area contributed by atoms with Gasteiger partial charge in [0.25, 0.3) is 5.69 Å². The average molecular weight is 1100 g/mol. The number of anilines is 1. The van der Waals surface area contributed by atoms with Gasteiger partial charge in [-0.1, -0.05) is 102 Å². The zero-order valence-corrected chi connectivity index (χ0v) is 44.5. The quantitative estimate of drug-likeness (QED) is 0.0496. The van der Waals surface area contributed by atoms with E-state index in [1.54, 1.807) is 59.2 Å². The number of carbonyl (C=O) groups is 4. The SMILES string of the molecule is COc1cc2c(cc1OC)CN(C(=O)[C@@H]1[C@H]3C(=O)O[C@H](c4ccccc4)[C@H](c4ccccc4)N3[C@H](c3cccc(OCCO)c3)[C@@]13C(=O)N(C(=O)OCc1ccc([N+](=O)[O-])cc1)c1ccc(C#CCn4nnc5ccccc54)cc13)CC2. The summed E-state index contributed by atoms with van der Waals surface area (Å²) in [6.07, 6.45) is -1.73. The van der Waals surface area contributed by atoms with Crippen molar-refractivity contribution in [3.8, 4) is 29.1 Å². The summed E-state index contributed by atoms with van der Waals surface area (Å²) in [6.45, 7) is -0.419. The Morgan fingerprint density at radius 3 is 2.24 bits per heavy atom. The monoisotopic (exact) mass is 1100 g/mol. The fourth-order valence-corrected chi connectivity index (χ4v) is 12.3. The predicted molar refractivity (Wildman–Crippen MR) is 297 cm³/mol. The Labute approximate surface area is 470 Å². The van der Waals surface area contributed by atoms with Crippen molar-refractivity contribution in [2.75, 3.05) is 38.9 Å². The minimum absolute atomic E-state index is 0.0529. The Morgan fingerprint density at radius 1 is 0.805 bits per heavy atom. The van der Waals surface area contributed by atoms with Crippen molar-refractivity contribution in [2.24, 2.45) is 5.92 Å². The van der Waals surface area contributed by atoms with Gasteiger partial charge in [-0.25, -0.2) is 14.4 Å². The molecule has 5 heterocycles. The van der Waals surface area contributed by atoms with Gasteiger partial charge in [0.15, 0.2) is 11.5 Å². The van der Waals surface area contributed by atoms with Crippen molar-refractivity contribution in [3.05, 3.63) is 218 Å². The van der Waals surface area contributed by atoms with Gasteiger partial charge in [-0.3, -0.25) is 29.4 Å². The lowest BCUT2D eigenvalue weighted by atomic mass is 9.64. The third-order valence-corrected chi connectivity index (χ3v) is 15.9. The van der Waals surface area contributed by atoms with Crippen molar-refractivity contribution in [1.82, 2.24) is 24.8 Å². The van der Waals surface area contributed by atoms with Crippen LogP contribution in [0.4, 0.5) is 16.2 Å². The first-order valence-electron chi connectivity index (χ1n) is 26.6. The smallest absolute Gasteiger partial charge is 0.421 e. The van der Waals surface area contributed by atoms with Crippen LogP contribution in [0.25, 0.3) is 11.0 Å². The minimum atomic E-state index is -2.19. The number of aliphatic hydroxyl groups is 1. The van der Waals surface area contributed by atoms with Crippen LogP contribution in [-0.4, -0.2) is 98.7 Å². The van der Waals surface area contributed by atoms with Gasteiger partial charge < -0.3 is 33.7 Å². The van der Waals surface area contributed by atoms with E-state index in [1.807, 2.05) is 102 Å². The number of nitrogens with zero attached hydrogens (tertiary/aromatic N) is 7. The molecule has 0 saturated carbocycles. The number of fused-ring (bicyclic) bond motifs is 5. The lowest BCUT2D eigenvalue weighted by Crippen LogP contribution is -2.57. The van der Waals surface area contributed by atoms with Crippen molar-refractivity contribution < 1.29 is 52.9 Å². The van der Waals surface area contributed by atoms with Gasteiger partial charge in [0.05, 0.1) is 55.0 Å². The number of methoxy groups -OCH3 is 2. The van der Waals surface area contributed by atoms with Gasteiger partial charge >= 0.3 is 12.1 Å². The minimum Gasteiger partial charge on any atom is -0.493 e. The van der Waals surface area contributed by atoms with Crippen LogP contribution in [-0.2, 0) is 55.4 Å². The highest BCUT2D eigenvalue weighted by Crippen LogP contribution is 2.66. The zero-order chi connectivity index (χ0) is 56.6. The number of cyclic esters (lactones) is 1. The summed E-state index contributed by atoms with van der Waals surface area (Å²) < 4.78 is 31.9. The number of rotatable bonds is 13. The summed E-state index contributed by atoms with van der Waals surface area (Å²) in [6, 6.07) is 43.7. The summed E-state index contributed by atoms with van der Waals surface area (Å²) in [4.78, 5) is 80.4. The van der Waals surface area contributed by atoms with E-state index in [0.29, 0.717) is 57.0 Å². The fourth-order valence-electron chi connectivity index (χ4n) is 12.3. The number of para-hydroxylation sites is 1. The van der Waals surface area contributed by atoms with Gasteiger partial charge in [0, 0.05) is 30.8 Å². The number of nitro benzene ring substituents is 1. The predicted octanol–water partition coefficient (Wildman–Crippen LogP) is 8.37. The van der Waals surface area contributed by atoms with Gasteiger partial charge in [0.1, 0.15) is 48.6 Å². The van der Waals surface area contributed by atoms with E-state index < -0.39 is 71.0 Å². The van der Waals surface area contributed by atoms with E-state index in [-0.39, 0.29) is 49.8 Å². The summed E-state index contributed by atoms with van der Waals surface area (Å²) >= 11 is 0. The summed E-state index contributed by atoms with van der Waals surface area (Å²) in [7, 11) is 3.08. The molecule has 6 atom stereocenters. The van der Waals surface area contributed by atoms with E-state index in [9.17, 15) is 15.2 Å². The Hall–Kier alpha value is -9.90. The number of ether oxygens (including phenoxy) is 5. The van der Waals surface area contributed by atoms with Crippen LogP contribution in [0.15, 0.2) is 164 Å². The number of imide groups is 1. The van der Waals surface area contributed by atoms with Crippen molar-refractivity contribution >= 4 is 46.3 Å². The number of benzene rings is 7. The molecule has 0 unspecified atom stereocenters. The summed E-state index contributed by atoms with van der Waals surface area (Å²) in [5.41, 5.74) is 3.65. The number of esters is 1. The average Bonchev–Trinajstić information content (AvgIpc) is 1.75. The maximum Gasteiger partial charge on any atom is 0.421 e. The Kier molecular flexibility index (Phi) is 14.1. The van der Waals surface area contributed by atoms with Gasteiger partial charge in [-0.2, -0.15) is 0 Å². The third-order valence-electron chi connectivity index (χ3n) is 15.9. The molecular weight excluding hydrogens is 1050 g/mol. The molecule has 2 fully saturated rings. The third kappa shape index (κ3) is 9.17. The van der Waals surface area contributed by atoms with E-state index in [2.05, 4.69) is 22.2 Å². The number of hydrogen-bond acceptors (Lipinski definition) is 15. The molecule has 412 valence electrons. The molecule has 7 aromatic carbocycles. The largest absolute Gasteiger partial charge is 0.493 e. The molecule has 8 aromatic rings. The van der Waals surface area contributed by atoms with Gasteiger partial charge in [-0.15, -0.1) is 5.10 Å². The second-order valence-electron chi connectivity index (χ2n) is 20.3. The molecule has 19 nitrogen and oxygen atoms in total. The normalized spacial score (nSPS) is 20.7. The molecule has 12 rings (SSSR count). The molecular formula is C63H53N7O12. The molecule has 0 bridgehead atoms. The second-order valence-corrected chi connectivity index (χ2v) is 20.3. The molecule has 1 N–H and O–H groups in total. The van der Waals surface area contributed by atoms with Crippen molar-refractivity contribution in [3.63, 3.8) is 0 Å². The molecule has 4 aliphatic heterocycles. The number of amides is 3. The molecule has 0 aliphatic carbocycles. The van der Waals surface area contributed by atoms with Crippen molar-refractivity contribution in [1.29, 1.82) is 0 Å². The van der Waals surface area contributed by atoms with Crippen LogP contribution >= 0.6 is 0 Å². The number of morpholine rings is 1. The lowest BCUT2D eigenvalue weighted by molar-refractivity contribution is -0.384. The topological polar surface area (TPSA) is 218 Å². The Bertz CT molecular complexity index is 3870. The molecule has 4 aliphatic rings. The van der Waals surface area contributed by atoms with Crippen LogP contribution in [0.1, 0.15) is 62.7 Å². The van der Waals surface area contributed by atoms with Gasteiger partial charge in [-0.05, 0) is 112 Å². The molecule has 1 spiro atoms. The summed E-state index contributed by atoms with van der Waals surface area (Å²) in [5, 5.41) is 30.1.